The molecule has 0 saturated heterocycles. The lowest BCUT2D eigenvalue weighted by Gasteiger charge is -2.15. The number of ether oxygens (including phenoxy) is 1. The third-order valence-corrected chi connectivity index (χ3v) is 5.63. The van der Waals surface area contributed by atoms with Gasteiger partial charge in [0.05, 0.1) is 24.4 Å². The first kappa shape index (κ1) is 23.7. The van der Waals surface area contributed by atoms with Gasteiger partial charge in [-0.1, -0.05) is 22.9 Å². The van der Waals surface area contributed by atoms with Crippen LogP contribution in [0.2, 0.25) is 5.02 Å². The van der Waals surface area contributed by atoms with Crippen molar-refractivity contribution in [2.75, 3.05) is 7.11 Å². The van der Waals surface area contributed by atoms with Crippen molar-refractivity contribution in [1.29, 1.82) is 0 Å². The molecule has 8 nitrogen and oxygen atoms in total. The first-order valence-electron chi connectivity index (χ1n) is 9.09. The molecule has 0 unspecified atom stereocenters. The van der Waals surface area contributed by atoms with Crippen molar-refractivity contribution in [1.82, 2.24) is 25.1 Å². The molecule has 0 spiro atoms. The molecule has 2 aromatic heterocycles. The van der Waals surface area contributed by atoms with Crippen molar-refractivity contribution >= 4 is 34.8 Å². The maximum absolute atomic E-state index is 13.0. The van der Waals surface area contributed by atoms with Crippen LogP contribution in [0, 0.1) is 13.8 Å². The fourth-order valence-corrected chi connectivity index (χ4v) is 4.02. The molecule has 1 N–H and O–H groups in total. The number of halogens is 4. The highest BCUT2D eigenvalue weighted by Crippen LogP contribution is 2.32. The number of hydrogen-bond donors (Lipinski definition) is 1. The number of nitrogens with one attached hydrogen (secondary N) is 1. The third-order valence-electron chi connectivity index (χ3n) is 4.30. The van der Waals surface area contributed by atoms with Gasteiger partial charge in [-0.3, -0.25) is 4.79 Å². The maximum atomic E-state index is 13.0. The molecule has 1 atom stereocenters. The Hall–Kier alpha value is -2.99. The minimum absolute atomic E-state index is 0.217. The average molecular weight is 488 g/mol. The fourth-order valence-electron chi connectivity index (χ4n) is 2.84. The number of alkyl halides is 3. The Morgan fingerprint density at radius 2 is 1.91 bits per heavy atom. The molecule has 1 amide bonds. The number of carbonyl (C=O) groups is 2. The Morgan fingerprint density at radius 3 is 2.53 bits per heavy atom. The molecule has 0 bridgehead atoms. The van der Waals surface area contributed by atoms with Crippen LogP contribution in [0.1, 0.15) is 55.9 Å². The smallest absolute Gasteiger partial charge is 0.416 e. The topological polar surface area (TPSA) is 99.0 Å². The van der Waals surface area contributed by atoms with Crippen molar-refractivity contribution in [2.24, 2.45) is 0 Å². The second kappa shape index (κ2) is 8.87. The number of nitrogens with zero attached hydrogens (tertiary/aromatic N) is 4. The monoisotopic (exact) mass is 487 g/mol. The Labute approximate surface area is 189 Å². The highest BCUT2D eigenvalue weighted by Gasteiger charge is 2.32. The van der Waals surface area contributed by atoms with Crippen LogP contribution in [0.15, 0.2) is 18.2 Å². The van der Waals surface area contributed by atoms with E-state index in [1.807, 2.05) is 0 Å². The zero-order valence-corrected chi connectivity index (χ0v) is 18.8. The summed E-state index contributed by atoms with van der Waals surface area (Å²) in [7, 11) is 1.25. The zero-order valence-electron chi connectivity index (χ0n) is 17.2. The van der Waals surface area contributed by atoms with E-state index in [1.165, 1.54) is 11.8 Å². The number of carbonyl (C=O) groups excluding carboxylic acids is 2. The number of aromatic nitrogens is 4. The van der Waals surface area contributed by atoms with Crippen LogP contribution in [0.25, 0.3) is 5.13 Å². The summed E-state index contributed by atoms with van der Waals surface area (Å²) in [5.74, 6) is -0.676. The van der Waals surface area contributed by atoms with Gasteiger partial charge in [-0.15, -0.1) is 5.10 Å². The van der Waals surface area contributed by atoms with E-state index in [4.69, 9.17) is 16.3 Å². The predicted molar refractivity (Wildman–Crippen MR) is 110 cm³/mol. The van der Waals surface area contributed by atoms with Crippen LogP contribution in [0.5, 0.6) is 0 Å². The van der Waals surface area contributed by atoms with Crippen LogP contribution in [0.4, 0.5) is 13.2 Å². The van der Waals surface area contributed by atoms with E-state index in [2.05, 4.69) is 20.4 Å². The standard InChI is InChI=1S/C19H17ClF3N5O3S/c1-8-14(17(30)31-4)32-18(25-8)28-15(26-10(3)27-28)9(2)24-16(29)11-5-12(19(21,22)23)7-13(20)6-11/h5-7,9H,1-4H3,(H,24,29)/t9-/m0/s1. The van der Waals surface area contributed by atoms with Gasteiger partial charge in [-0.25, -0.2) is 14.8 Å². The van der Waals surface area contributed by atoms with Gasteiger partial charge in [0, 0.05) is 10.6 Å². The number of aryl methyl sites for hydroxylation is 2. The minimum atomic E-state index is -4.65. The van der Waals surface area contributed by atoms with Gasteiger partial charge in [-0.05, 0) is 39.0 Å². The summed E-state index contributed by atoms with van der Waals surface area (Å²) >= 11 is 6.80. The van der Waals surface area contributed by atoms with Crippen LogP contribution in [-0.4, -0.2) is 38.7 Å². The Morgan fingerprint density at radius 1 is 1.22 bits per heavy atom. The van der Waals surface area contributed by atoms with Gasteiger partial charge in [0.25, 0.3) is 5.91 Å². The lowest BCUT2D eigenvalue weighted by atomic mass is 10.1. The molecule has 3 aromatic rings. The van der Waals surface area contributed by atoms with E-state index >= 15 is 0 Å². The van der Waals surface area contributed by atoms with Crippen LogP contribution in [-0.2, 0) is 10.9 Å². The van der Waals surface area contributed by atoms with Crippen LogP contribution < -0.4 is 5.32 Å². The normalized spacial score (nSPS) is 12.5. The molecule has 1 aromatic carbocycles. The molecule has 2 heterocycles. The summed E-state index contributed by atoms with van der Waals surface area (Å²) in [6.45, 7) is 4.86. The van der Waals surface area contributed by atoms with E-state index in [1.54, 1.807) is 20.8 Å². The number of thiazole rings is 1. The van der Waals surface area contributed by atoms with Gasteiger partial charge >= 0.3 is 12.1 Å². The SMILES string of the molecule is COC(=O)c1sc(-n2nc(C)nc2[C@H](C)NC(=O)c2cc(Cl)cc(C(F)(F)F)c2)nc1C. The summed E-state index contributed by atoms with van der Waals surface area (Å²) in [6.07, 6.45) is -4.65. The third kappa shape index (κ3) is 4.91. The molecule has 3 rings (SSSR count). The number of amides is 1. The predicted octanol–water partition coefficient (Wildman–Crippen LogP) is 4.29. The van der Waals surface area contributed by atoms with Crippen molar-refractivity contribution in [3.05, 3.63) is 56.6 Å². The number of benzene rings is 1. The molecule has 170 valence electrons. The Bertz CT molecular complexity index is 1190. The van der Waals surface area contributed by atoms with E-state index in [9.17, 15) is 22.8 Å². The van der Waals surface area contributed by atoms with E-state index in [0.717, 1.165) is 29.5 Å². The Kier molecular flexibility index (Phi) is 6.56. The van der Waals surface area contributed by atoms with E-state index < -0.39 is 29.7 Å². The number of methoxy groups -OCH3 is 1. The van der Waals surface area contributed by atoms with Gasteiger partial charge in [0.2, 0.25) is 5.13 Å². The number of esters is 1. The lowest BCUT2D eigenvalue weighted by Crippen LogP contribution is -2.29. The molecule has 0 radical (unpaired) electrons. The molecule has 0 fully saturated rings. The molecule has 0 aliphatic heterocycles. The summed E-state index contributed by atoms with van der Waals surface area (Å²) in [4.78, 5) is 33.4. The highest BCUT2D eigenvalue weighted by molar-refractivity contribution is 7.16. The molecular weight excluding hydrogens is 471 g/mol. The van der Waals surface area contributed by atoms with Gasteiger partial charge in [-0.2, -0.15) is 17.9 Å². The van der Waals surface area contributed by atoms with Crippen molar-refractivity contribution in [3.63, 3.8) is 0 Å². The second-order valence-corrected chi connectivity index (χ2v) is 8.17. The van der Waals surface area contributed by atoms with Crippen molar-refractivity contribution in [2.45, 2.75) is 33.0 Å². The second-order valence-electron chi connectivity index (χ2n) is 6.75. The minimum Gasteiger partial charge on any atom is -0.465 e. The molecular formula is C19H17ClF3N5O3S. The molecule has 0 aliphatic rings. The molecule has 13 heteroatoms. The summed E-state index contributed by atoms with van der Waals surface area (Å²) < 4.78 is 45.2. The van der Waals surface area contributed by atoms with Crippen LogP contribution in [0.3, 0.4) is 0 Å². The quantitative estimate of drug-likeness (QED) is 0.539. The lowest BCUT2D eigenvalue weighted by molar-refractivity contribution is -0.137. The zero-order chi connectivity index (χ0) is 23.8. The maximum Gasteiger partial charge on any atom is 0.416 e. The van der Waals surface area contributed by atoms with Gasteiger partial charge < -0.3 is 10.1 Å². The van der Waals surface area contributed by atoms with Crippen molar-refractivity contribution in [3.8, 4) is 5.13 Å². The summed E-state index contributed by atoms with van der Waals surface area (Å²) in [5.41, 5.74) is -0.848. The summed E-state index contributed by atoms with van der Waals surface area (Å²) in [6, 6.07) is 1.84. The van der Waals surface area contributed by atoms with E-state index in [0.29, 0.717) is 16.6 Å². The van der Waals surface area contributed by atoms with Crippen molar-refractivity contribution < 1.29 is 27.5 Å². The Balaban J connectivity index is 1.91. The average Bonchev–Trinajstić information content (AvgIpc) is 3.28. The fraction of sp³-hybridized carbons (Fsp3) is 0.316. The van der Waals surface area contributed by atoms with Gasteiger partial charge in [0.15, 0.2) is 5.82 Å². The molecule has 32 heavy (non-hydrogen) atoms. The molecule has 0 aliphatic carbocycles. The summed E-state index contributed by atoms with van der Waals surface area (Å²) in [5, 5.41) is 6.96. The number of rotatable bonds is 5. The largest absolute Gasteiger partial charge is 0.465 e. The highest BCUT2D eigenvalue weighted by atomic mass is 35.5. The van der Waals surface area contributed by atoms with E-state index in [-0.39, 0.29) is 21.3 Å². The van der Waals surface area contributed by atoms with Crippen LogP contribution >= 0.6 is 22.9 Å². The number of hydrogen-bond acceptors (Lipinski definition) is 7. The first-order valence-corrected chi connectivity index (χ1v) is 10.3. The first-order chi connectivity index (χ1) is 14.9. The molecule has 0 saturated carbocycles. The van der Waals surface area contributed by atoms with Gasteiger partial charge in [0.1, 0.15) is 10.7 Å².